The predicted molar refractivity (Wildman–Crippen MR) is 84.2 cm³/mol. The minimum atomic E-state index is -0.344. The van der Waals surface area contributed by atoms with Crippen LogP contribution in [-0.2, 0) is 13.2 Å². The second kappa shape index (κ2) is 8.01. The van der Waals surface area contributed by atoms with Crippen LogP contribution in [0.5, 0.6) is 5.75 Å². The summed E-state index contributed by atoms with van der Waals surface area (Å²) in [5.74, 6) is 0.392. The van der Waals surface area contributed by atoms with Gasteiger partial charge in [-0.2, -0.15) is 0 Å². The summed E-state index contributed by atoms with van der Waals surface area (Å²) in [6, 6.07) is 12.4. The van der Waals surface area contributed by atoms with E-state index in [0.29, 0.717) is 10.6 Å². The summed E-state index contributed by atoms with van der Waals surface area (Å²) in [6.45, 7) is 4.11. The molecule has 0 saturated heterocycles. The van der Waals surface area contributed by atoms with Crippen LogP contribution in [0.4, 0.5) is 4.39 Å². The molecule has 112 valence electrons. The topological polar surface area (TPSA) is 21.3 Å². The van der Waals surface area contributed by atoms with Crippen LogP contribution in [-0.4, -0.2) is 6.54 Å². The van der Waals surface area contributed by atoms with Crippen molar-refractivity contribution in [1.82, 2.24) is 5.32 Å². The molecule has 0 saturated carbocycles. The fourth-order valence-corrected chi connectivity index (χ4v) is 2.11. The average molecular weight is 308 g/mol. The lowest BCUT2D eigenvalue weighted by Crippen LogP contribution is -2.13. The van der Waals surface area contributed by atoms with Crippen LogP contribution in [0.2, 0.25) is 5.02 Å². The van der Waals surface area contributed by atoms with E-state index in [1.54, 1.807) is 12.1 Å². The molecule has 2 rings (SSSR count). The fourth-order valence-electron chi connectivity index (χ4n) is 1.95. The van der Waals surface area contributed by atoms with Crippen LogP contribution in [0.1, 0.15) is 24.5 Å². The van der Waals surface area contributed by atoms with Gasteiger partial charge in [0.2, 0.25) is 0 Å². The normalized spacial score (nSPS) is 10.6. The molecule has 2 aromatic rings. The van der Waals surface area contributed by atoms with E-state index in [2.05, 4.69) is 12.2 Å². The van der Waals surface area contributed by atoms with E-state index in [4.69, 9.17) is 16.3 Å². The van der Waals surface area contributed by atoms with Crippen LogP contribution < -0.4 is 10.1 Å². The Bertz CT molecular complexity index is 589. The van der Waals surface area contributed by atoms with Gasteiger partial charge in [0, 0.05) is 17.1 Å². The van der Waals surface area contributed by atoms with Gasteiger partial charge in [-0.1, -0.05) is 36.7 Å². The average Bonchev–Trinajstić information content (AvgIpc) is 2.47. The van der Waals surface area contributed by atoms with Crippen molar-refractivity contribution in [2.75, 3.05) is 6.54 Å². The summed E-state index contributed by atoms with van der Waals surface area (Å²) in [6.07, 6.45) is 1.10. The lowest BCUT2D eigenvalue weighted by molar-refractivity contribution is 0.299. The maximum atomic E-state index is 13.7. The van der Waals surface area contributed by atoms with E-state index in [0.717, 1.165) is 30.8 Å². The first kappa shape index (κ1) is 15.8. The Morgan fingerprint density at radius 3 is 2.81 bits per heavy atom. The lowest BCUT2D eigenvalue weighted by Gasteiger charge is -2.09. The third-order valence-corrected chi connectivity index (χ3v) is 3.30. The molecule has 0 aromatic heterocycles. The number of hydrogen-bond acceptors (Lipinski definition) is 2. The van der Waals surface area contributed by atoms with Crippen molar-refractivity contribution in [3.63, 3.8) is 0 Å². The maximum absolute atomic E-state index is 13.7. The van der Waals surface area contributed by atoms with E-state index < -0.39 is 0 Å². The molecule has 0 spiro atoms. The fraction of sp³-hybridized carbons (Fsp3) is 0.294. The van der Waals surface area contributed by atoms with Gasteiger partial charge in [0.15, 0.2) is 0 Å². The zero-order chi connectivity index (χ0) is 15.1. The quantitative estimate of drug-likeness (QED) is 0.757. The highest BCUT2D eigenvalue weighted by Gasteiger charge is 2.04. The van der Waals surface area contributed by atoms with E-state index in [-0.39, 0.29) is 12.4 Å². The molecule has 0 heterocycles. The van der Waals surface area contributed by atoms with Gasteiger partial charge in [0.1, 0.15) is 18.2 Å². The van der Waals surface area contributed by atoms with Crippen molar-refractivity contribution < 1.29 is 9.13 Å². The number of hydrogen-bond donors (Lipinski definition) is 1. The zero-order valence-electron chi connectivity index (χ0n) is 12.0. The summed E-state index contributed by atoms with van der Waals surface area (Å²) < 4.78 is 19.3. The van der Waals surface area contributed by atoms with Crippen LogP contribution in [0.25, 0.3) is 0 Å². The highest BCUT2D eigenvalue weighted by atomic mass is 35.5. The molecule has 0 aliphatic rings. The van der Waals surface area contributed by atoms with Gasteiger partial charge >= 0.3 is 0 Å². The van der Waals surface area contributed by atoms with E-state index in [1.807, 2.05) is 24.3 Å². The van der Waals surface area contributed by atoms with Gasteiger partial charge in [-0.25, -0.2) is 4.39 Å². The Morgan fingerprint density at radius 2 is 2.05 bits per heavy atom. The molecule has 0 atom stereocenters. The van der Waals surface area contributed by atoms with Gasteiger partial charge in [-0.15, -0.1) is 0 Å². The molecule has 4 heteroatoms. The molecular formula is C17H19ClFNO. The minimum Gasteiger partial charge on any atom is -0.489 e. The van der Waals surface area contributed by atoms with Crippen molar-refractivity contribution in [2.24, 2.45) is 0 Å². The molecule has 2 nitrogen and oxygen atoms in total. The largest absolute Gasteiger partial charge is 0.489 e. The summed E-state index contributed by atoms with van der Waals surface area (Å²) in [7, 11) is 0. The van der Waals surface area contributed by atoms with Gasteiger partial charge < -0.3 is 10.1 Å². The van der Waals surface area contributed by atoms with Crippen LogP contribution in [0.15, 0.2) is 42.5 Å². The molecule has 0 bridgehead atoms. The number of benzene rings is 2. The smallest absolute Gasteiger partial charge is 0.131 e. The molecular weight excluding hydrogens is 289 g/mol. The second-order valence-electron chi connectivity index (χ2n) is 4.85. The molecule has 0 unspecified atom stereocenters. The summed E-state index contributed by atoms with van der Waals surface area (Å²) >= 11 is 5.73. The molecule has 0 radical (unpaired) electrons. The third kappa shape index (κ3) is 5.03. The van der Waals surface area contributed by atoms with Gasteiger partial charge in [-0.05, 0) is 42.8 Å². The van der Waals surface area contributed by atoms with Crippen LogP contribution in [0.3, 0.4) is 0 Å². The van der Waals surface area contributed by atoms with Gasteiger partial charge in [0.05, 0.1) is 0 Å². The summed E-state index contributed by atoms with van der Waals surface area (Å²) in [4.78, 5) is 0. The summed E-state index contributed by atoms with van der Waals surface area (Å²) in [5.41, 5.74) is 1.64. The molecule has 0 aliphatic carbocycles. The van der Waals surface area contributed by atoms with Gasteiger partial charge in [0.25, 0.3) is 0 Å². The first-order valence-corrected chi connectivity index (χ1v) is 7.43. The van der Waals surface area contributed by atoms with Crippen molar-refractivity contribution in [3.8, 4) is 5.75 Å². The standard InChI is InChI=1S/C17H19ClFNO/c1-2-8-20-11-13-4-3-5-16(9-13)21-12-14-6-7-15(18)10-17(14)19/h3-7,9-10,20H,2,8,11-12H2,1H3. The highest BCUT2D eigenvalue weighted by molar-refractivity contribution is 6.30. The molecule has 0 aliphatic heterocycles. The van der Waals surface area contributed by atoms with Crippen LogP contribution >= 0.6 is 11.6 Å². The first-order chi connectivity index (χ1) is 10.2. The monoisotopic (exact) mass is 307 g/mol. The SMILES string of the molecule is CCCNCc1cccc(OCc2ccc(Cl)cc2F)c1. The third-order valence-electron chi connectivity index (χ3n) is 3.06. The highest BCUT2D eigenvalue weighted by Crippen LogP contribution is 2.18. The van der Waals surface area contributed by atoms with E-state index >= 15 is 0 Å². The predicted octanol–water partition coefficient (Wildman–Crippen LogP) is 4.56. The molecule has 1 N–H and O–H groups in total. The molecule has 2 aromatic carbocycles. The number of halogens is 2. The Balaban J connectivity index is 1.95. The maximum Gasteiger partial charge on any atom is 0.131 e. The van der Waals surface area contributed by atoms with E-state index in [9.17, 15) is 4.39 Å². The zero-order valence-corrected chi connectivity index (χ0v) is 12.8. The van der Waals surface area contributed by atoms with Crippen LogP contribution in [0, 0.1) is 5.82 Å². The Morgan fingerprint density at radius 1 is 1.19 bits per heavy atom. The molecule has 0 fully saturated rings. The number of rotatable bonds is 7. The Kier molecular flexibility index (Phi) is 6.03. The first-order valence-electron chi connectivity index (χ1n) is 7.05. The van der Waals surface area contributed by atoms with E-state index in [1.165, 1.54) is 6.07 Å². The number of nitrogens with one attached hydrogen (secondary N) is 1. The minimum absolute atomic E-state index is 0.189. The Labute approximate surface area is 129 Å². The molecule has 0 amide bonds. The Hall–Kier alpha value is -1.58. The van der Waals surface area contributed by atoms with Gasteiger partial charge in [-0.3, -0.25) is 0 Å². The second-order valence-corrected chi connectivity index (χ2v) is 5.29. The lowest BCUT2D eigenvalue weighted by atomic mass is 10.2. The number of ether oxygens (including phenoxy) is 1. The summed E-state index contributed by atoms with van der Waals surface area (Å²) in [5, 5.41) is 3.73. The van der Waals surface area contributed by atoms with Crippen molar-refractivity contribution in [2.45, 2.75) is 26.5 Å². The van der Waals surface area contributed by atoms with Crippen molar-refractivity contribution in [3.05, 3.63) is 64.4 Å². The molecule has 21 heavy (non-hydrogen) atoms. The van der Waals surface area contributed by atoms with Crippen molar-refractivity contribution in [1.29, 1.82) is 0 Å². The van der Waals surface area contributed by atoms with Crippen molar-refractivity contribution >= 4 is 11.6 Å².